The maximum absolute atomic E-state index is 13.1. The second kappa shape index (κ2) is 68.5. The number of rotatable bonds is 76. The second-order valence-electron chi connectivity index (χ2n) is 28.8. The number of hydrogen-bond acceptors (Lipinski definition) is 15. The molecule has 0 radical (unpaired) electrons. The van der Waals surface area contributed by atoms with Crippen molar-refractivity contribution in [3.05, 3.63) is 0 Å². The van der Waals surface area contributed by atoms with E-state index in [2.05, 4.69) is 48.5 Å². The SMILES string of the molecule is CCCCCCCCCCCCCC(=O)O[C@H](COC(=O)CCCCCCCCC(C)CC)COP(=O)(O)OC[C@H](O)COP(=O)(O)OC[C@@H](COC(=O)CCCCCCCCCCCCCCCCC(C)CC)OC(=O)CCCCCCCCCCCCCCCCC(C)CC. The molecule has 0 saturated heterocycles. The van der Waals surface area contributed by atoms with Gasteiger partial charge in [-0.1, -0.05) is 350 Å². The van der Waals surface area contributed by atoms with Gasteiger partial charge in [-0.2, -0.15) is 0 Å². The van der Waals surface area contributed by atoms with Crippen LogP contribution >= 0.6 is 15.6 Å². The highest BCUT2D eigenvalue weighted by atomic mass is 31.2. The largest absolute Gasteiger partial charge is 0.472 e. The van der Waals surface area contributed by atoms with Gasteiger partial charge in [0.15, 0.2) is 12.2 Å². The summed E-state index contributed by atoms with van der Waals surface area (Å²) in [7, 11) is -9.91. The number of carbonyl (C=O) groups is 4. The number of aliphatic hydroxyl groups is 1. The van der Waals surface area contributed by atoms with Crippen LogP contribution < -0.4 is 0 Å². The molecule has 0 aliphatic carbocycles. The number of carbonyl (C=O) groups excluding carboxylic acids is 4. The molecule has 0 bridgehead atoms. The molecular weight excluding hydrogens is 1270 g/mol. The minimum Gasteiger partial charge on any atom is -0.462 e. The zero-order valence-electron chi connectivity index (χ0n) is 63.5. The Kier molecular flexibility index (Phi) is 67.1. The van der Waals surface area contributed by atoms with Crippen LogP contribution in [0.4, 0.5) is 0 Å². The van der Waals surface area contributed by atoms with Crippen LogP contribution in [0.5, 0.6) is 0 Å². The molecule has 3 N–H and O–H groups in total. The smallest absolute Gasteiger partial charge is 0.462 e. The molecule has 97 heavy (non-hydrogen) atoms. The predicted molar refractivity (Wildman–Crippen MR) is 395 cm³/mol. The first kappa shape index (κ1) is 95.1. The maximum Gasteiger partial charge on any atom is 0.472 e. The maximum atomic E-state index is 13.1. The summed E-state index contributed by atoms with van der Waals surface area (Å²) in [5, 5.41) is 10.6. The fraction of sp³-hybridized carbons (Fsp3) is 0.949. The third kappa shape index (κ3) is 68.3. The molecule has 0 heterocycles. The highest BCUT2D eigenvalue weighted by molar-refractivity contribution is 7.47. The number of phosphoric ester groups is 2. The van der Waals surface area contributed by atoms with Crippen LogP contribution in [0.1, 0.15) is 402 Å². The Morgan fingerprint density at radius 3 is 0.732 bits per heavy atom. The Morgan fingerprint density at radius 2 is 0.495 bits per heavy atom. The second-order valence-corrected chi connectivity index (χ2v) is 31.7. The summed E-state index contributed by atoms with van der Waals surface area (Å²) < 4.78 is 68.6. The molecule has 5 unspecified atom stereocenters. The van der Waals surface area contributed by atoms with Crippen molar-refractivity contribution < 1.29 is 80.2 Å². The van der Waals surface area contributed by atoms with Crippen molar-refractivity contribution in [1.82, 2.24) is 0 Å². The zero-order valence-corrected chi connectivity index (χ0v) is 65.3. The van der Waals surface area contributed by atoms with Gasteiger partial charge in [-0.25, -0.2) is 9.13 Å². The molecule has 0 aliphatic rings. The summed E-state index contributed by atoms with van der Waals surface area (Å²) in [6.45, 7) is 12.0. The molecule has 19 heteroatoms. The molecular formula is C78H152O17P2. The zero-order chi connectivity index (χ0) is 71.6. The van der Waals surface area contributed by atoms with Gasteiger partial charge in [-0.15, -0.1) is 0 Å². The van der Waals surface area contributed by atoms with Gasteiger partial charge in [-0.05, 0) is 43.4 Å². The average molecular weight is 1420 g/mol. The lowest BCUT2D eigenvalue weighted by Crippen LogP contribution is -2.30. The van der Waals surface area contributed by atoms with Crippen LogP contribution in [-0.2, 0) is 65.4 Å². The predicted octanol–water partition coefficient (Wildman–Crippen LogP) is 23.0. The lowest BCUT2D eigenvalue weighted by molar-refractivity contribution is -0.161. The molecule has 0 fully saturated rings. The number of ether oxygens (including phenoxy) is 4. The third-order valence-electron chi connectivity index (χ3n) is 19.2. The number of unbranched alkanes of at least 4 members (excludes halogenated alkanes) is 41. The Labute approximate surface area is 594 Å². The van der Waals surface area contributed by atoms with Crippen LogP contribution in [0.25, 0.3) is 0 Å². The van der Waals surface area contributed by atoms with E-state index in [1.165, 1.54) is 205 Å². The normalized spacial score (nSPS) is 14.9. The van der Waals surface area contributed by atoms with Gasteiger partial charge in [0, 0.05) is 25.7 Å². The summed E-state index contributed by atoms with van der Waals surface area (Å²) in [5.74, 6) is 0.312. The standard InChI is InChI=1S/C78H152O17P2/c1-8-12-13-14-15-16-25-33-38-47-54-61-77(82)95-74(66-89-76(81)60-53-46-41-40-44-51-58-71(7)11-4)68-93-97(86,87)91-64-72(79)63-90-96(84,85)92-67-73(94-78(83)62-55-48-39-34-29-24-20-18-22-27-31-36-43-50-57-70(6)10-3)65-88-75(80)59-52-45-37-32-28-23-19-17-21-26-30-35-42-49-56-69(5)9-2/h69-74,79H,8-68H2,1-7H3,(H,84,85)(H,86,87)/t69?,70?,71?,72-,73-,74-/m1/s1. The monoisotopic (exact) mass is 1420 g/mol. The van der Waals surface area contributed by atoms with Crippen molar-refractivity contribution in [3.8, 4) is 0 Å². The molecule has 0 saturated carbocycles. The van der Waals surface area contributed by atoms with Crippen molar-refractivity contribution in [3.63, 3.8) is 0 Å². The van der Waals surface area contributed by atoms with E-state index in [0.29, 0.717) is 25.7 Å². The summed E-state index contributed by atoms with van der Waals surface area (Å²) in [4.78, 5) is 72.9. The van der Waals surface area contributed by atoms with E-state index in [1.807, 2.05) is 0 Å². The van der Waals surface area contributed by atoms with Crippen LogP contribution in [0.15, 0.2) is 0 Å². The van der Waals surface area contributed by atoms with Crippen LogP contribution in [0, 0.1) is 17.8 Å². The highest BCUT2D eigenvalue weighted by Gasteiger charge is 2.30. The molecule has 576 valence electrons. The number of esters is 4. The molecule has 0 aliphatic heterocycles. The van der Waals surface area contributed by atoms with E-state index in [9.17, 15) is 43.2 Å². The Morgan fingerprint density at radius 1 is 0.289 bits per heavy atom. The van der Waals surface area contributed by atoms with Crippen molar-refractivity contribution in [2.75, 3.05) is 39.6 Å². The minimum atomic E-state index is -4.96. The van der Waals surface area contributed by atoms with E-state index in [-0.39, 0.29) is 25.7 Å². The van der Waals surface area contributed by atoms with E-state index in [0.717, 1.165) is 114 Å². The summed E-state index contributed by atoms with van der Waals surface area (Å²) in [6.07, 6.45) is 55.3. The van der Waals surface area contributed by atoms with Gasteiger partial charge in [-0.3, -0.25) is 37.3 Å². The van der Waals surface area contributed by atoms with E-state index in [1.54, 1.807) is 0 Å². The quantitative estimate of drug-likeness (QED) is 0.0222. The number of phosphoric acid groups is 2. The van der Waals surface area contributed by atoms with Gasteiger partial charge >= 0.3 is 39.5 Å². The lowest BCUT2D eigenvalue weighted by Gasteiger charge is -2.21. The Bertz CT molecular complexity index is 1890. The fourth-order valence-corrected chi connectivity index (χ4v) is 13.4. The van der Waals surface area contributed by atoms with Gasteiger partial charge in [0.25, 0.3) is 0 Å². The van der Waals surface area contributed by atoms with E-state index in [4.69, 9.17) is 37.0 Å². The topological polar surface area (TPSA) is 237 Å². The number of aliphatic hydroxyl groups excluding tert-OH is 1. The molecule has 0 aromatic heterocycles. The van der Waals surface area contributed by atoms with Gasteiger partial charge in [0.1, 0.15) is 19.3 Å². The summed E-state index contributed by atoms with van der Waals surface area (Å²) in [6, 6.07) is 0. The number of hydrogen-bond donors (Lipinski definition) is 3. The minimum absolute atomic E-state index is 0.106. The average Bonchev–Trinajstić information content (AvgIpc) is 1.43. The first-order valence-corrected chi connectivity index (χ1v) is 43.5. The molecule has 0 spiro atoms. The van der Waals surface area contributed by atoms with Crippen LogP contribution in [0.2, 0.25) is 0 Å². The van der Waals surface area contributed by atoms with Crippen molar-refractivity contribution in [2.45, 2.75) is 420 Å². The highest BCUT2D eigenvalue weighted by Crippen LogP contribution is 2.45. The fourth-order valence-electron chi connectivity index (χ4n) is 11.9. The lowest BCUT2D eigenvalue weighted by atomic mass is 9.99. The van der Waals surface area contributed by atoms with Gasteiger partial charge in [0.2, 0.25) is 0 Å². The van der Waals surface area contributed by atoms with Gasteiger partial charge in [0.05, 0.1) is 26.4 Å². The summed E-state index contributed by atoms with van der Waals surface area (Å²) >= 11 is 0. The van der Waals surface area contributed by atoms with Crippen LogP contribution in [0.3, 0.4) is 0 Å². The van der Waals surface area contributed by atoms with Crippen molar-refractivity contribution in [2.24, 2.45) is 17.8 Å². The molecule has 0 aromatic carbocycles. The molecule has 0 rings (SSSR count). The van der Waals surface area contributed by atoms with Crippen molar-refractivity contribution in [1.29, 1.82) is 0 Å². The van der Waals surface area contributed by atoms with E-state index < -0.39 is 97.5 Å². The molecule has 17 nitrogen and oxygen atoms in total. The molecule has 0 aromatic rings. The van der Waals surface area contributed by atoms with E-state index >= 15 is 0 Å². The Balaban J connectivity index is 5.24. The molecule has 8 atom stereocenters. The van der Waals surface area contributed by atoms with Gasteiger partial charge < -0.3 is 33.8 Å². The first-order valence-electron chi connectivity index (χ1n) is 40.5. The first-order chi connectivity index (χ1) is 46.8. The van der Waals surface area contributed by atoms with Crippen LogP contribution in [-0.4, -0.2) is 96.7 Å². The molecule has 0 amide bonds. The summed E-state index contributed by atoms with van der Waals surface area (Å²) in [5.41, 5.74) is 0. The van der Waals surface area contributed by atoms with Crippen molar-refractivity contribution >= 4 is 39.5 Å². The Hall–Kier alpha value is -1.94. The third-order valence-corrected chi connectivity index (χ3v) is 21.1.